The van der Waals surface area contributed by atoms with E-state index in [0.29, 0.717) is 41.2 Å². The Hall–Kier alpha value is -2.86. The van der Waals surface area contributed by atoms with Crippen molar-refractivity contribution in [2.75, 3.05) is 27.4 Å². The predicted molar refractivity (Wildman–Crippen MR) is 103 cm³/mol. The van der Waals surface area contributed by atoms with Gasteiger partial charge in [0, 0.05) is 6.08 Å². The van der Waals surface area contributed by atoms with Crippen LogP contribution >= 0.6 is 11.6 Å². The Kier molecular flexibility index (Phi) is 6.08. The summed E-state index contributed by atoms with van der Waals surface area (Å²) < 4.78 is 21.9. The number of hydrogen-bond donors (Lipinski definition) is 1. The number of ether oxygens (including phenoxy) is 4. The lowest BCUT2D eigenvalue weighted by atomic mass is 10.2. The maximum Gasteiger partial charge on any atom is 0.244 e. The van der Waals surface area contributed by atoms with Crippen molar-refractivity contribution in [2.45, 2.75) is 6.10 Å². The van der Waals surface area contributed by atoms with Gasteiger partial charge in [-0.3, -0.25) is 4.79 Å². The fraction of sp³-hybridized carbons (Fsp3) is 0.250. The minimum Gasteiger partial charge on any atom is -0.493 e. The highest BCUT2D eigenvalue weighted by Gasteiger charge is 2.20. The first-order chi connectivity index (χ1) is 13.1. The van der Waals surface area contributed by atoms with Crippen molar-refractivity contribution in [1.82, 2.24) is 5.32 Å². The molecule has 0 saturated heterocycles. The molecule has 6 nitrogen and oxygen atoms in total. The lowest BCUT2D eigenvalue weighted by molar-refractivity contribution is -0.116. The molecule has 0 bridgehead atoms. The Bertz CT molecular complexity index is 852. The molecule has 7 heteroatoms. The number of rotatable bonds is 6. The minimum atomic E-state index is -0.247. The summed E-state index contributed by atoms with van der Waals surface area (Å²) in [4.78, 5) is 12.1. The number of amides is 1. The summed E-state index contributed by atoms with van der Waals surface area (Å²) in [5.41, 5.74) is 0.721. The third-order valence-corrected chi connectivity index (χ3v) is 4.24. The Morgan fingerprint density at radius 3 is 2.78 bits per heavy atom. The van der Waals surface area contributed by atoms with E-state index in [1.165, 1.54) is 20.3 Å². The van der Waals surface area contributed by atoms with E-state index in [0.717, 1.165) is 5.56 Å². The summed E-state index contributed by atoms with van der Waals surface area (Å²) in [6, 6.07) is 10.9. The molecule has 27 heavy (non-hydrogen) atoms. The largest absolute Gasteiger partial charge is 0.493 e. The molecule has 1 aliphatic heterocycles. The summed E-state index contributed by atoms with van der Waals surface area (Å²) in [5.74, 6) is 2.10. The summed E-state index contributed by atoms with van der Waals surface area (Å²) in [6.45, 7) is 0.719. The van der Waals surface area contributed by atoms with Gasteiger partial charge in [-0.05, 0) is 35.9 Å². The van der Waals surface area contributed by atoms with Gasteiger partial charge in [0.1, 0.15) is 12.7 Å². The van der Waals surface area contributed by atoms with Crippen LogP contribution in [0.4, 0.5) is 0 Å². The first-order valence-electron chi connectivity index (χ1n) is 8.36. The second-order valence-corrected chi connectivity index (χ2v) is 6.22. The van der Waals surface area contributed by atoms with E-state index in [2.05, 4.69) is 5.32 Å². The van der Waals surface area contributed by atoms with Gasteiger partial charge in [-0.2, -0.15) is 0 Å². The van der Waals surface area contributed by atoms with Crippen molar-refractivity contribution in [3.8, 4) is 23.0 Å². The molecular formula is C20H20ClNO5. The van der Waals surface area contributed by atoms with Gasteiger partial charge in [0.05, 0.1) is 25.8 Å². The number of benzene rings is 2. The molecule has 0 fully saturated rings. The van der Waals surface area contributed by atoms with Crippen molar-refractivity contribution in [3.63, 3.8) is 0 Å². The van der Waals surface area contributed by atoms with E-state index in [1.54, 1.807) is 18.2 Å². The van der Waals surface area contributed by atoms with Gasteiger partial charge in [-0.25, -0.2) is 0 Å². The van der Waals surface area contributed by atoms with Crippen LogP contribution in [0.5, 0.6) is 23.0 Å². The van der Waals surface area contributed by atoms with Crippen molar-refractivity contribution >= 4 is 23.6 Å². The smallest absolute Gasteiger partial charge is 0.244 e. The molecule has 1 atom stereocenters. The normalized spacial score (nSPS) is 15.4. The second-order valence-electron chi connectivity index (χ2n) is 5.81. The molecule has 1 heterocycles. The van der Waals surface area contributed by atoms with E-state index < -0.39 is 0 Å². The van der Waals surface area contributed by atoms with Crippen molar-refractivity contribution in [2.24, 2.45) is 0 Å². The zero-order chi connectivity index (χ0) is 19.2. The number of para-hydroxylation sites is 2. The highest BCUT2D eigenvalue weighted by atomic mass is 35.5. The molecule has 1 amide bonds. The van der Waals surface area contributed by atoms with Crippen molar-refractivity contribution in [1.29, 1.82) is 0 Å². The molecule has 1 N–H and O–H groups in total. The predicted octanol–water partition coefficient (Wildman–Crippen LogP) is 3.33. The zero-order valence-electron chi connectivity index (χ0n) is 15.0. The van der Waals surface area contributed by atoms with Crippen molar-refractivity contribution < 1.29 is 23.7 Å². The van der Waals surface area contributed by atoms with Gasteiger partial charge < -0.3 is 24.3 Å². The Morgan fingerprint density at radius 1 is 1.26 bits per heavy atom. The summed E-state index contributed by atoms with van der Waals surface area (Å²) in [5, 5.41) is 3.21. The Morgan fingerprint density at radius 2 is 2.04 bits per heavy atom. The zero-order valence-corrected chi connectivity index (χ0v) is 15.8. The van der Waals surface area contributed by atoms with Crippen LogP contribution in [0, 0.1) is 0 Å². The molecule has 0 saturated carbocycles. The average molecular weight is 390 g/mol. The minimum absolute atomic E-state index is 0.243. The fourth-order valence-corrected chi connectivity index (χ4v) is 2.94. The van der Waals surface area contributed by atoms with Gasteiger partial charge >= 0.3 is 0 Å². The molecule has 0 aliphatic carbocycles. The maximum absolute atomic E-state index is 12.1. The molecule has 2 aromatic rings. The Balaban J connectivity index is 1.56. The number of methoxy groups -OCH3 is 2. The standard InChI is InChI=1S/C20H20ClNO5/c1-24-18-10-13(9-15(21)20(18)25-2)7-8-19(23)22-11-14-12-26-16-5-3-4-6-17(16)27-14/h3-10,14H,11-12H2,1-2H3,(H,22,23)/b8-7+/t14-/m1/s1. The first kappa shape index (κ1) is 18.9. The number of carbonyl (C=O) groups is 1. The van der Waals surface area contributed by atoms with Crippen LogP contribution in [0.2, 0.25) is 5.02 Å². The van der Waals surface area contributed by atoms with Gasteiger partial charge in [-0.15, -0.1) is 0 Å². The molecule has 0 radical (unpaired) electrons. The van der Waals surface area contributed by atoms with Gasteiger partial charge in [0.2, 0.25) is 5.91 Å². The number of fused-ring (bicyclic) bond motifs is 1. The topological polar surface area (TPSA) is 66.0 Å². The summed E-state index contributed by atoms with van der Waals surface area (Å²) in [6.07, 6.45) is 2.83. The van der Waals surface area contributed by atoms with E-state index in [1.807, 2.05) is 24.3 Å². The van der Waals surface area contributed by atoms with Crippen LogP contribution in [-0.4, -0.2) is 39.4 Å². The highest BCUT2D eigenvalue weighted by molar-refractivity contribution is 6.32. The summed E-state index contributed by atoms with van der Waals surface area (Å²) >= 11 is 6.16. The van der Waals surface area contributed by atoms with Crippen LogP contribution in [0.15, 0.2) is 42.5 Å². The average Bonchev–Trinajstić information content (AvgIpc) is 2.70. The van der Waals surface area contributed by atoms with Gasteiger partial charge in [-0.1, -0.05) is 23.7 Å². The molecule has 0 aromatic heterocycles. The van der Waals surface area contributed by atoms with Gasteiger partial charge in [0.15, 0.2) is 23.0 Å². The summed E-state index contributed by atoms with van der Waals surface area (Å²) in [7, 11) is 3.04. The van der Waals surface area contributed by atoms with Crippen LogP contribution in [0.25, 0.3) is 6.08 Å². The van der Waals surface area contributed by atoms with Crippen LogP contribution in [0.3, 0.4) is 0 Å². The molecule has 0 spiro atoms. The molecular weight excluding hydrogens is 370 g/mol. The van der Waals surface area contributed by atoms with Crippen molar-refractivity contribution in [3.05, 3.63) is 53.1 Å². The molecule has 2 aromatic carbocycles. The molecule has 142 valence electrons. The van der Waals surface area contributed by atoms with Crippen LogP contribution < -0.4 is 24.3 Å². The number of nitrogens with one attached hydrogen (secondary N) is 1. The molecule has 3 rings (SSSR count). The number of hydrogen-bond acceptors (Lipinski definition) is 5. The van der Waals surface area contributed by atoms with E-state index >= 15 is 0 Å². The van der Waals surface area contributed by atoms with Crippen LogP contribution in [-0.2, 0) is 4.79 Å². The quantitative estimate of drug-likeness (QED) is 0.768. The van der Waals surface area contributed by atoms with E-state index in [9.17, 15) is 4.79 Å². The van der Waals surface area contributed by atoms with E-state index in [4.69, 9.17) is 30.5 Å². The maximum atomic E-state index is 12.1. The SMILES string of the molecule is COc1cc(/C=C/C(=O)NC[C@@H]2COc3ccccc3O2)cc(Cl)c1OC. The van der Waals surface area contributed by atoms with Gasteiger partial charge in [0.25, 0.3) is 0 Å². The fourth-order valence-electron chi connectivity index (χ4n) is 2.64. The third-order valence-electron chi connectivity index (χ3n) is 3.95. The third kappa shape index (κ3) is 4.65. The first-order valence-corrected chi connectivity index (χ1v) is 8.74. The molecule has 0 unspecified atom stereocenters. The number of halogens is 1. The monoisotopic (exact) mass is 389 g/mol. The Labute approximate surface area is 162 Å². The lowest BCUT2D eigenvalue weighted by Crippen LogP contribution is -2.40. The van der Waals surface area contributed by atoms with Crippen LogP contribution in [0.1, 0.15) is 5.56 Å². The second kappa shape index (κ2) is 8.68. The van der Waals surface area contributed by atoms with E-state index in [-0.39, 0.29) is 12.0 Å². The molecule has 1 aliphatic rings. The highest BCUT2D eigenvalue weighted by Crippen LogP contribution is 2.36. The number of carbonyl (C=O) groups excluding carboxylic acids is 1. The lowest BCUT2D eigenvalue weighted by Gasteiger charge is -2.26.